The molecule has 6 heteroatoms. The lowest BCUT2D eigenvalue weighted by Crippen LogP contribution is -2.40. The van der Waals surface area contributed by atoms with Crippen molar-refractivity contribution in [1.82, 2.24) is 0 Å². The summed E-state index contributed by atoms with van der Waals surface area (Å²) in [6.07, 6.45) is 1.14. The van der Waals surface area contributed by atoms with Gasteiger partial charge in [0.1, 0.15) is 0 Å². The number of benzene rings is 1. The molecule has 0 unspecified atom stereocenters. The molecule has 2 atom stereocenters. The summed E-state index contributed by atoms with van der Waals surface area (Å²) < 4.78 is 0. The molecule has 0 spiro atoms. The van der Waals surface area contributed by atoms with Crippen molar-refractivity contribution in [3.05, 3.63) is 46.2 Å². The first-order valence-corrected chi connectivity index (χ1v) is 9.27. The van der Waals surface area contributed by atoms with Crippen molar-refractivity contribution >= 4 is 34.6 Å². The van der Waals surface area contributed by atoms with Crippen molar-refractivity contribution in [3.8, 4) is 0 Å². The molecule has 2 heterocycles. The number of nitrogens with zero attached hydrogens (tertiary/aromatic N) is 1. The SMILES string of the molecule is C[C@@H]1C[C@@H](C)CN(c2ccc(NC(=O)c3cccs3)cc2C(=O)[O-])C1. The Morgan fingerprint density at radius 1 is 1.20 bits per heavy atom. The quantitative estimate of drug-likeness (QED) is 0.913. The standard InChI is InChI=1S/C19H22N2O3S/c1-12-8-13(2)11-21(10-12)16-6-5-14(9-15(16)19(23)24)20-18(22)17-4-3-7-25-17/h3-7,9,12-13H,8,10-11H2,1-2H3,(H,20,22)(H,23,24)/p-1/t12-,13-/m1/s1. The third-order valence-electron chi connectivity index (χ3n) is 4.43. The normalized spacial score (nSPS) is 20.3. The van der Waals surface area contributed by atoms with Crippen molar-refractivity contribution in [2.24, 2.45) is 11.8 Å². The molecule has 1 aliphatic rings. The van der Waals surface area contributed by atoms with Gasteiger partial charge in [-0.1, -0.05) is 19.9 Å². The van der Waals surface area contributed by atoms with E-state index in [1.807, 2.05) is 5.38 Å². The fourth-order valence-corrected chi connectivity index (χ4v) is 4.13. The highest BCUT2D eigenvalue weighted by atomic mass is 32.1. The van der Waals surface area contributed by atoms with Gasteiger partial charge >= 0.3 is 0 Å². The number of carboxylic acids is 1. The van der Waals surface area contributed by atoms with E-state index in [1.54, 1.807) is 24.3 Å². The lowest BCUT2D eigenvalue weighted by atomic mass is 9.91. The summed E-state index contributed by atoms with van der Waals surface area (Å²) in [6, 6.07) is 8.52. The Labute approximate surface area is 151 Å². The second-order valence-electron chi connectivity index (χ2n) is 6.80. The second kappa shape index (κ2) is 7.27. The largest absolute Gasteiger partial charge is 0.545 e. The van der Waals surface area contributed by atoms with Crippen LogP contribution in [-0.2, 0) is 0 Å². The van der Waals surface area contributed by atoms with Crippen LogP contribution >= 0.6 is 11.3 Å². The van der Waals surface area contributed by atoms with Gasteiger partial charge in [-0.3, -0.25) is 4.79 Å². The molecular formula is C19H21N2O3S-. The maximum atomic E-state index is 12.2. The van der Waals surface area contributed by atoms with Crippen LogP contribution in [0, 0.1) is 11.8 Å². The molecule has 1 saturated heterocycles. The highest BCUT2D eigenvalue weighted by molar-refractivity contribution is 7.12. The van der Waals surface area contributed by atoms with Crippen molar-refractivity contribution in [2.45, 2.75) is 20.3 Å². The number of aromatic carboxylic acids is 1. The van der Waals surface area contributed by atoms with Gasteiger partial charge in [-0.25, -0.2) is 0 Å². The number of nitrogens with one attached hydrogen (secondary N) is 1. The highest BCUT2D eigenvalue weighted by Crippen LogP contribution is 2.30. The molecular weight excluding hydrogens is 336 g/mol. The first kappa shape index (κ1) is 17.5. The summed E-state index contributed by atoms with van der Waals surface area (Å²) in [4.78, 5) is 26.5. The zero-order chi connectivity index (χ0) is 18.0. The number of thiophene rings is 1. The number of hydrogen-bond donors (Lipinski definition) is 1. The molecule has 25 heavy (non-hydrogen) atoms. The van der Waals surface area contributed by atoms with Gasteiger partial charge in [-0.05, 0) is 47.9 Å². The van der Waals surface area contributed by atoms with Gasteiger partial charge in [0.25, 0.3) is 5.91 Å². The van der Waals surface area contributed by atoms with E-state index in [9.17, 15) is 14.7 Å². The van der Waals surface area contributed by atoms with Gasteiger partial charge in [0.15, 0.2) is 0 Å². The Balaban J connectivity index is 1.85. The number of hydrogen-bond acceptors (Lipinski definition) is 5. The number of carbonyl (C=O) groups excluding carboxylic acids is 2. The molecule has 0 radical (unpaired) electrons. The van der Waals surface area contributed by atoms with Crippen molar-refractivity contribution in [1.29, 1.82) is 0 Å². The second-order valence-corrected chi connectivity index (χ2v) is 7.75. The predicted molar refractivity (Wildman–Crippen MR) is 98.2 cm³/mol. The van der Waals surface area contributed by atoms with Crippen LogP contribution in [0.2, 0.25) is 0 Å². The third-order valence-corrected chi connectivity index (χ3v) is 5.30. The number of rotatable bonds is 4. The molecule has 0 saturated carbocycles. The monoisotopic (exact) mass is 357 g/mol. The number of carboxylic acid groups (broad SMARTS) is 1. The van der Waals surface area contributed by atoms with Gasteiger partial charge < -0.3 is 20.1 Å². The van der Waals surface area contributed by atoms with Crippen LogP contribution in [0.5, 0.6) is 0 Å². The Kier molecular flexibility index (Phi) is 5.08. The topological polar surface area (TPSA) is 72.5 Å². The smallest absolute Gasteiger partial charge is 0.265 e. The van der Waals surface area contributed by atoms with Gasteiger partial charge in [0, 0.05) is 30.0 Å². The molecule has 132 valence electrons. The molecule has 2 aromatic rings. The minimum absolute atomic E-state index is 0.116. The Morgan fingerprint density at radius 2 is 1.92 bits per heavy atom. The molecule has 1 aromatic carbocycles. The van der Waals surface area contributed by atoms with E-state index in [1.165, 1.54) is 17.4 Å². The van der Waals surface area contributed by atoms with Gasteiger partial charge in [0.2, 0.25) is 0 Å². The fourth-order valence-electron chi connectivity index (χ4n) is 3.51. The zero-order valence-electron chi connectivity index (χ0n) is 14.3. The van der Waals surface area contributed by atoms with Crippen LogP contribution in [0.15, 0.2) is 35.7 Å². The van der Waals surface area contributed by atoms with E-state index < -0.39 is 5.97 Å². The molecule has 1 aliphatic heterocycles. The van der Waals surface area contributed by atoms with E-state index in [0.29, 0.717) is 28.1 Å². The van der Waals surface area contributed by atoms with Crippen molar-refractivity contribution in [2.75, 3.05) is 23.3 Å². The lowest BCUT2D eigenvalue weighted by Gasteiger charge is -2.37. The van der Waals surface area contributed by atoms with Crippen LogP contribution in [0.4, 0.5) is 11.4 Å². The van der Waals surface area contributed by atoms with Crippen LogP contribution < -0.4 is 15.3 Å². The molecule has 0 bridgehead atoms. The summed E-state index contributed by atoms with van der Waals surface area (Å²) in [7, 11) is 0. The van der Waals surface area contributed by atoms with Crippen molar-refractivity contribution < 1.29 is 14.7 Å². The van der Waals surface area contributed by atoms with Crippen LogP contribution in [0.1, 0.15) is 40.3 Å². The molecule has 1 amide bonds. The molecule has 3 rings (SSSR count). The third kappa shape index (κ3) is 4.02. The van der Waals surface area contributed by atoms with E-state index in [4.69, 9.17) is 0 Å². The van der Waals surface area contributed by atoms with Crippen LogP contribution in [-0.4, -0.2) is 25.0 Å². The van der Waals surface area contributed by atoms with Gasteiger partial charge in [-0.15, -0.1) is 11.3 Å². The molecule has 5 nitrogen and oxygen atoms in total. The first-order valence-electron chi connectivity index (χ1n) is 8.39. The van der Waals surface area contributed by atoms with Crippen molar-refractivity contribution in [3.63, 3.8) is 0 Å². The van der Waals surface area contributed by atoms with Gasteiger partial charge in [0.05, 0.1) is 10.8 Å². The number of amides is 1. The zero-order valence-corrected chi connectivity index (χ0v) is 15.1. The maximum Gasteiger partial charge on any atom is 0.265 e. The molecule has 1 aromatic heterocycles. The van der Waals surface area contributed by atoms with E-state index in [0.717, 1.165) is 19.5 Å². The first-order chi connectivity index (χ1) is 11.9. The Morgan fingerprint density at radius 3 is 2.52 bits per heavy atom. The molecule has 1 fully saturated rings. The Bertz CT molecular complexity index is 763. The lowest BCUT2D eigenvalue weighted by molar-refractivity contribution is -0.254. The van der Waals surface area contributed by atoms with E-state index >= 15 is 0 Å². The predicted octanol–water partition coefficient (Wildman–Crippen LogP) is 2.85. The summed E-state index contributed by atoms with van der Waals surface area (Å²) >= 11 is 1.34. The van der Waals surface area contributed by atoms with E-state index in [2.05, 4.69) is 24.1 Å². The number of piperidine rings is 1. The summed E-state index contributed by atoms with van der Waals surface area (Å²) in [5.74, 6) is -0.450. The molecule has 1 N–H and O–H groups in total. The number of anilines is 2. The minimum atomic E-state index is -1.23. The summed E-state index contributed by atoms with van der Waals surface area (Å²) in [6.45, 7) is 6.00. The van der Waals surface area contributed by atoms with E-state index in [-0.39, 0.29) is 11.5 Å². The van der Waals surface area contributed by atoms with Crippen LogP contribution in [0.25, 0.3) is 0 Å². The average molecular weight is 357 g/mol. The summed E-state index contributed by atoms with van der Waals surface area (Å²) in [5, 5.41) is 16.2. The Hall–Kier alpha value is -2.34. The fraction of sp³-hybridized carbons (Fsp3) is 0.368. The number of carbonyl (C=O) groups is 2. The average Bonchev–Trinajstić information content (AvgIpc) is 3.08. The van der Waals surface area contributed by atoms with Crippen LogP contribution in [0.3, 0.4) is 0 Å². The molecule has 0 aliphatic carbocycles. The van der Waals surface area contributed by atoms with Gasteiger partial charge in [-0.2, -0.15) is 0 Å². The minimum Gasteiger partial charge on any atom is -0.545 e. The summed E-state index contributed by atoms with van der Waals surface area (Å²) in [5.41, 5.74) is 1.23. The maximum absolute atomic E-state index is 12.2. The highest BCUT2D eigenvalue weighted by Gasteiger charge is 2.24.